The van der Waals surface area contributed by atoms with Gasteiger partial charge in [-0.3, -0.25) is 4.79 Å². The van der Waals surface area contributed by atoms with Crippen LogP contribution in [-0.2, 0) is 11.3 Å². The smallest absolute Gasteiger partial charge is 0.223 e. The predicted molar refractivity (Wildman–Crippen MR) is 59.3 cm³/mol. The molecule has 1 heterocycles. The van der Waals surface area contributed by atoms with Gasteiger partial charge in [0.05, 0.1) is 6.33 Å². The van der Waals surface area contributed by atoms with Crippen molar-refractivity contribution in [2.24, 2.45) is 5.92 Å². The molecular weight excluding hydrogens is 190 g/mol. The highest BCUT2D eigenvalue weighted by atomic mass is 16.1. The van der Waals surface area contributed by atoms with Crippen LogP contribution in [0.2, 0.25) is 0 Å². The third kappa shape index (κ3) is 3.73. The zero-order chi connectivity index (χ0) is 11.3. The van der Waals surface area contributed by atoms with Crippen molar-refractivity contribution < 1.29 is 4.79 Å². The van der Waals surface area contributed by atoms with Gasteiger partial charge in [0, 0.05) is 30.9 Å². The maximum Gasteiger partial charge on any atom is 0.223 e. The van der Waals surface area contributed by atoms with Gasteiger partial charge in [-0.1, -0.05) is 13.8 Å². The summed E-state index contributed by atoms with van der Waals surface area (Å²) in [5, 5.41) is 2.98. The molecule has 0 aliphatic carbocycles. The molecule has 0 unspecified atom stereocenters. The maximum atomic E-state index is 11.6. The molecule has 0 radical (unpaired) electrons. The van der Waals surface area contributed by atoms with Gasteiger partial charge < -0.3 is 9.88 Å². The van der Waals surface area contributed by atoms with Crippen molar-refractivity contribution in [3.63, 3.8) is 0 Å². The molecule has 0 fully saturated rings. The number of hydrogen-bond acceptors (Lipinski definition) is 2. The first-order chi connectivity index (χ1) is 7.13. The molecule has 1 amide bonds. The summed E-state index contributed by atoms with van der Waals surface area (Å²) in [5.74, 6) is 0.223. The van der Waals surface area contributed by atoms with E-state index in [1.54, 1.807) is 12.5 Å². The Morgan fingerprint density at radius 2 is 2.27 bits per heavy atom. The molecule has 1 aromatic heterocycles. The second-order valence-corrected chi connectivity index (χ2v) is 3.98. The lowest BCUT2D eigenvalue weighted by molar-refractivity contribution is -0.125. The maximum absolute atomic E-state index is 11.6. The molecule has 84 valence electrons. The molecule has 0 saturated heterocycles. The molecule has 1 aromatic rings. The van der Waals surface area contributed by atoms with Gasteiger partial charge in [-0.15, -0.1) is 0 Å². The molecule has 4 nitrogen and oxygen atoms in total. The van der Waals surface area contributed by atoms with Gasteiger partial charge in [0.25, 0.3) is 0 Å². The Kier molecular flexibility index (Phi) is 4.34. The molecule has 0 aliphatic rings. The molecule has 0 bridgehead atoms. The second kappa shape index (κ2) is 5.53. The summed E-state index contributed by atoms with van der Waals surface area (Å²) in [6.45, 7) is 6.73. The fraction of sp³-hybridized carbons (Fsp3) is 0.636. The minimum atomic E-state index is 0.0928. The molecule has 0 saturated carbocycles. The number of rotatable bonds is 5. The Morgan fingerprint density at radius 3 is 2.80 bits per heavy atom. The average molecular weight is 209 g/mol. The molecule has 4 heteroatoms. The number of amides is 1. The molecule has 1 N–H and O–H groups in total. The zero-order valence-corrected chi connectivity index (χ0v) is 9.60. The number of nitrogens with zero attached hydrogens (tertiary/aromatic N) is 2. The summed E-state index contributed by atoms with van der Waals surface area (Å²) in [7, 11) is 0. The number of imidazole rings is 1. The van der Waals surface area contributed by atoms with Crippen molar-refractivity contribution >= 4 is 5.91 Å². The van der Waals surface area contributed by atoms with Crippen molar-refractivity contribution in [1.82, 2.24) is 14.9 Å². The highest BCUT2D eigenvalue weighted by molar-refractivity contribution is 5.78. The van der Waals surface area contributed by atoms with Crippen LogP contribution in [0.5, 0.6) is 0 Å². The highest BCUT2D eigenvalue weighted by Gasteiger charge is 2.13. The van der Waals surface area contributed by atoms with E-state index < -0.39 is 0 Å². The van der Waals surface area contributed by atoms with Crippen LogP contribution in [0.25, 0.3) is 0 Å². The van der Waals surface area contributed by atoms with Gasteiger partial charge in [0.2, 0.25) is 5.91 Å². The fourth-order valence-corrected chi connectivity index (χ4v) is 1.33. The first-order valence-electron chi connectivity index (χ1n) is 5.39. The van der Waals surface area contributed by atoms with Gasteiger partial charge >= 0.3 is 0 Å². The van der Waals surface area contributed by atoms with Crippen molar-refractivity contribution in [1.29, 1.82) is 0 Å². The highest BCUT2D eigenvalue weighted by Crippen LogP contribution is 2.01. The van der Waals surface area contributed by atoms with Gasteiger partial charge in [0.15, 0.2) is 0 Å². The third-order valence-electron chi connectivity index (χ3n) is 2.49. The Bertz CT molecular complexity index is 295. The van der Waals surface area contributed by atoms with Gasteiger partial charge in [-0.05, 0) is 13.3 Å². The first-order valence-corrected chi connectivity index (χ1v) is 5.39. The summed E-state index contributed by atoms with van der Waals surface area (Å²) in [6, 6.07) is 0.140. The first kappa shape index (κ1) is 11.8. The van der Waals surface area contributed by atoms with Gasteiger partial charge in [-0.25, -0.2) is 4.98 Å². The lowest BCUT2D eigenvalue weighted by Crippen LogP contribution is -2.38. The van der Waals surface area contributed by atoms with Crippen LogP contribution in [0, 0.1) is 5.92 Å². The minimum absolute atomic E-state index is 0.0928. The van der Waals surface area contributed by atoms with E-state index in [0.717, 1.165) is 13.0 Å². The molecule has 0 aliphatic heterocycles. The number of aromatic nitrogens is 2. The van der Waals surface area contributed by atoms with Crippen LogP contribution in [-0.4, -0.2) is 21.5 Å². The number of hydrogen-bond donors (Lipinski definition) is 1. The summed E-state index contributed by atoms with van der Waals surface area (Å²) in [4.78, 5) is 15.5. The largest absolute Gasteiger partial charge is 0.352 e. The van der Waals surface area contributed by atoms with Gasteiger partial charge in [0.1, 0.15) is 0 Å². The molecule has 0 spiro atoms. The summed E-state index contributed by atoms with van der Waals surface area (Å²) >= 11 is 0. The van der Waals surface area contributed by atoms with E-state index in [9.17, 15) is 4.79 Å². The van der Waals surface area contributed by atoms with E-state index in [1.807, 2.05) is 31.5 Å². The van der Waals surface area contributed by atoms with Crippen LogP contribution in [0.15, 0.2) is 18.7 Å². The van der Waals surface area contributed by atoms with E-state index in [-0.39, 0.29) is 17.9 Å². The third-order valence-corrected chi connectivity index (χ3v) is 2.49. The minimum Gasteiger partial charge on any atom is -0.352 e. The monoisotopic (exact) mass is 209 g/mol. The summed E-state index contributed by atoms with van der Waals surface area (Å²) in [5.41, 5.74) is 0. The fourth-order valence-electron chi connectivity index (χ4n) is 1.33. The van der Waals surface area contributed by atoms with E-state index >= 15 is 0 Å². The van der Waals surface area contributed by atoms with Crippen LogP contribution in [0.4, 0.5) is 0 Å². The molecule has 15 heavy (non-hydrogen) atoms. The SMILES string of the molecule is CC[C@H](C)C(=O)N[C@@H](C)Cn1ccnc1. The van der Waals surface area contributed by atoms with E-state index in [2.05, 4.69) is 10.3 Å². The zero-order valence-electron chi connectivity index (χ0n) is 9.60. The quantitative estimate of drug-likeness (QED) is 0.797. The standard InChI is InChI=1S/C11H19N3O/c1-4-9(2)11(15)13-10(3)7-14-6-5-12-8-14/h5-6,8-10H,4,7H2,1-3H3,(H,13,15)/t9-,10-/m0/s1. The van der Waals surface area contributed by atoms with E-state index in [4.69, 9.17) is 0 Å². The predicted octanol–water partition coefficient (Wildman–Crippen LogP) is 1.43. The molecule has 0 aromatic carbocycles. The normalized spacial score (nSPS) is 14.6. The Labute approximate surface area is 90.7 Å². The lowest BCUT2D eigenvalue weighted by Gasteiger charge is -2.16. The average Bonchev–Trinajstić information content (AvgIpc) is 2.68. The topological polar surface area (TPSA) is 46.9 Å². The Balaban J connectivity index is 2.36. The van der Waals surface area contributed by atoms with E-state index in [0.29, 0.717) is 0 Å². The van der Waals surface area contributed by atoms with E-state index in [1.165, 1.54) is 0 Å². The Hall–Kier alpha value is -1.32. The van der Waals surface area contributed by atoms with Crippen molar-refractivity contribution in [3.8, 4) is 0 Å². The number of nitrogens with one attached hydrogen (secondary N) is 1. The number of carbonyl (C=O) groups is 1. The van der Waals surface area contributed by atoms with Crippen LogP contribution >= 0.6 is 0 Å². The molecule has 1 rings (SSSR count). The molecular formula is C11H19N3O. The molecule has 2 atom stereocenters. The van der Waals surface area contributed by atoms with Crippen molar-refractivity contribution in [2.75, 3.05) is 0 Å². The van der Waals surface area contributed by atoms with Crippen LogP contribution in [0.3, 0.4) is 0 Å². The van der Waals surface area contributed by atoms with Gasteiger partial charge in [-0.2, -0.15) is 0 Å². The summed E-state index contributed by atoms with van der Waals surface area (Å²) < 4.78 is 1.96. The van der Waals surface area contributed by atoms with Crippen molar-refractivity contribution in [3.05, 3.63) is 18.7 Å². The van der Waals surface area contributed by atoms with Crippen LogP contribution < -0.4 is 5.32 Å². The van der Waals surface area contributed by atoms with Crippen LogP contribution in [0.1, 0.15) is 27.2 Å². The Morgan fingerprint density at radius 1 is 1.53 bits per heavy atom. The van der Waals surface area contributed by atoms with Crippen molar-refractivity contribution in [2.45, 2.75) is 39.8 Å². The second-order valence-electron chi connectivity index (χ2n) is 3.98. The summed E-state index contributed by atoms with van der Waals surface area (Å²) in [6.07, 6.45) is 6.27. The number of carbonyl (C=O) groups excluding carboxylic acids is 1. The lowest BCUT2D eigenvalue weighted by atomic mass is 10.1.